The van der Waals surface area contributed by atoms with Crippen molar-refractivity contribution in [3.63, 3.8) is 0 Å². The second-order valence-corrected chi connectivity index (χ2v) is 26.6. The molecule has 67 heavy (non-hydrogen) atoms. The Kier molecular flexibility index (Phi) is 10.1. The van der Waals surface area contributed by atoms with E-state index in [4.69, 9.17) is 9.97 Å². The lowest BCUT2D eigenvalue weighted by Crippen LogP contribution is -2.61. The van der Waals surface area contributed by atoms with Gasteiger partial charge in [-0.05, 0) is 133 Å². The molecule has 1 aliphatic carbocycles. The van der Waals surface area contributed by atoms with Gasteiger partial charge in [0.05, 0.1) is 11.4 Å². The number of fused-ring (bicyclic) bond motifs is 7. The first kappa shape index (κ1) is 45.6. The molecular formula is C61H71BN4S. The van der Waals surface area contributed by atoms with E-state index < -0.39 is 0 Å². The van der Waals surface area contributed by atoms with Crippen LogP contribution in [0.3, 0.4) is 0 Å². The molecule has 3 aliphatic rings. The third-order valence-electron chi connectivity index (χ3n) is 15.5. The highest BCUT2D eigenvalue weighted by molar-refractivity contribution is 7.33. The Hall–Kier alpha value is -5.20. The maximum absolute atomic E-state index is 5.61. The van der Waals surface area contributed by atoms with Gasteiger partial charge in [0.25, 0.3) is 6.71 Å². The van der Waals surface area contributed by atoms with Crippen molar-refractivity contribution >= 4 is 78.2 Å². The molecule has 0 bridgehead atoms. The summed E-state index contributed by atoms with van der Waals surface area (Å²) in [5, 5.41) is 1.28. The normalized spacial score (nSPS) is 16.5. The van der Waals surface area contributed by atoms with E-state index in [2.05, 4.69) is 225 Å². The van der Waals surface area contributed by atoms with Crippen molar-refractivity contribution in [1.82, 2.24) is 9.97 Å². The number of nitrogens with zero attached hydrogens (tertiary/aromatic N) is 4. The van der Waals surface area contributed by atoms with Crippen LogP contribution in [0.4, 0.5) is 34.4 Å². The highest BCUT2D eigenvalue weighted by Gasteiger charge is 2.48. The topological polar surface area (TPSA) is 32.3 Å². The number of aryl methyl sites for hydroxylation is 1. The summed E-state index contributed by atoms with van der Waals surface area (Å²) in [6.07, 6.45) is 2.33. The van der Waals surface area contributed by atoms with Gasteiger partial charge in [-0.1, -0.05) is 171 Å². The molecule has 344 valence electrons. The average molecular weight is 903 g/mol. The van der Waals surface area contributed by atoms with E-state index >= 15 is 0 Å². The molecular weight excluding hydrogens is 832 g/mol. The average Bonchev–Trinajstić information content (AvgIpc) is 3.62. The first-order valence-electron chi connectivity index (χ1n) is 24.7. The van der Waals surface area contributed by atoms with Crippen LogP contribution in [-0.4, -0.2) is 16.7 Å². The molecule has 5 aromatic carbocycles. The van der Waals surface area contributed by atoms with Crippen molar-refractivity contribution in [1.29, 1.82) is 0 Å². The van der Waals surface area contributed by atoms with Crippen LogP contribution in [0.5, 0.6) is 0 Å². The number of rotatable bonds is 3. The van der Waals surface area contributed by atoms with E-state index in [1.165, 1.54) is 93.8 Å². The van der Waals surface area contributed by atoms with Gasteiger partial charge in [0.15, 0.2) is 0 Å². The third-order valence-corrected chi connectivity index (χ3v) is 16.7. The maximum Gasteiger partial charge on any atom is 0.268 e. The molecule has 6 heteroatoms. The second-order valence-electron chi connectivity index (χ2n) is 25.5. The molecule has 4 nitrogen and oxygen atoms in total. The van der Waals surface area contributed by atoms with Gasteiger partial charge in [-0.2, -0.15) is 0 Å². The first-order chi connectivity index (χ1) is 31.1. The van der Waals surface area contributed by atoms with E-state index in [-0.39, 0.29) is 39.2 Å². The van der Waals surface area contributed by atoms with Crippen LogP contribution in [0.2, 0.25) is 0 Å². The predicted molar refractivity (Wildman–Crippen MR) is 292 cm³/mol. The van der Waals surface area contributed by atoms with E-state index in [0.717, 1.165) is 29.6 Å². The molecule has 0 saturated carbocycles. The van der Waals surface area contributed by atoms with Crippen LogP contribution in [0.1, 0.15) is 163 Å². The molecule has 2 aromatic heterocycles. The summed E-state index contributed by atoms with van der Waals surface area (Å²) in [4.78, 5) is 16.3. The fourth-order valence-corrected chi connectivity index (χ4v) is 12.4. The van der Waals surface area contributed by atoms with Crippen LogP contribution in [0.15, 0.2) is 97.1 Å². The van der Waals surface area contributed by atoms with Crippen molar-refractivity contribution in [2.75, 3.05) is 9.80 Å². The van der Waals surface area contributed by atoms with Crippen molar-refractivity contribution < 1.29 is 0 Å². The standard InChI is InChI=1S/C61H71BN4S/c1-36-63-54-51-55(64-36)66(48-29-24-39(57(5,6)7)32-44(48)37-18-20-38(21-19-37)56(2,3)4)49-33-40(58(8,9)10)23-28-47(49)62(51)53-52(43-26-22-41(59(11,12)13)34-50(43)67-53)65(54)42-25-27-45-46(35-42)61(16,17)31-30-60(45,14)15/h18-29,32-35H,30-31H2,1-17H3. The lowest BCUT2D eigenvalue weighted by atomic mass is 9.36. The zero-order valence-corrected chi connectivity index (χ0v) is 44.2. The zero-order chi connectivity index (χ0) is 48.1. The minimum absolute atomic E-state index is 0.0164. The van der Waals surface area contributed by atoms with E-state index in [9.17, 15) is 0 Å². The van der Waals surface area contributed by atoms with Gasteiger partial charge in [-0.25, -0.2) is 9.97 Å². The summed E-state index contributed by atoms with van der Waals surface area (Å²) in [5.41, 5.74) is 17.9. The van der Waals surface area contributed by atoms with Crippen molar-refractivity contribution in [2.24, 2.45) is 0 Å². The summed E-state index contributed by atoms with van der Waals surface area (Å²) < 4.78 is 2.67. The summed E-state index contributed by atoms with van der Waals surface area (Å²) in [5.74, 6) is 2.70. The van der Waals surface area contributed by atoms with Crippen LogP contribution in [0.25, 0.3) is 21.2 Å². The Bertz CT molecular complexity index is 3140. The molecule has 0 atom stereocenters. The summed E-state index contributed by atoms with van der Waals surface area (Å²) in [6, 6.07) is 38.4. The number of thiophene rings is 1. The van der Waals surface area contributed by atoms with Crippen LogP contribution >= 0.6 is 11.3 Å². The fraction of sp³-hybridized carbons (Fsp3) is 0.410. The summed E-state index contributed by atoms with van der Waals surface area (Å²) >= 11 is 1.96. The molecule has 0 saturated heterocycles. The number of aromatic nitrogens is 2. The number of anilines is 6. The molecule has 0 unspecified atom stereocenters. The Labute approximate surface area is 406 Å². The lowest BCUT2D eigenvalue weighted by molar-refractivity contribution is 0.332. The largest absolute Gasteiger partial charge is 0.295 e. The molecule has 2 aliphatic heterocycles. The SMILES string of the molecule is Cc1nc2c3c(n1)N(c1ccc4c(c1)C(C)(C)CCC4(C)C)c1c(sc4cc(C(C)(C)C)ccc14)B3c1ccc(C(C)(C)C)cc1N2c1ccc(C(C)(C)C)cc1-c1ccc(C(C)(C)C)cc1. The van der Waals surface area contributed by atoms with Crippen LogP contribution in [-0.2, 0) is 32.5 Å². The van der Waals surface area contributed by atoms with Gasteiger partial charge in [0.2, 0.25) is 0 Å². The molecule has 7 aromatic rings. The molecule has 0 spiro atoms. The Morgan fingerprint density at radius 1 is 0.537 bits per heavy atom. The Morgan fingerprint density at radius 2 is 1.07 bits per heavy atom. The highest BCUT2D eigenvalue weighted by Crippen LogP contribution is 2.52. The van der Waals surface area contributed by atoms with Crippen LogP contribution < -0.4 is 25.5 Å². The summed E-state index contributed by atoms with van der Waals surface area (Å²) in [6.45, 7) is 39.5. The number of benzene rings is 5. The predicted octanol–water partition coefficient (Wildman–Crippen LogP) is 15.3. The number of hydrogen-bond acceptors (Lipinski definition) is 5. The first-order valence-corrected chi connectivity index (χ1v) is 25.6. The second kappa shape index (κ2) is 14.9. The van der Waals surface area contributed by atoms with Crippen molar-refractivity contribution in [3.05, 3.63) is 136 Å². The molecule has 0 N–H and O–H groups in total. The fourth-order valence-electron chi connectivity index (χ4n) is 11.0. The van der Waals surface area contributed by atoms with Gasteiger partial charge in [0, 0.05) is 37.3 Å². The zero-order valence-electron chi connectivity index (χ0n) is 43.4. The third kappa shape index (κ3) is 7.47. The van der Waals surface area contributed by atoms with E-state index in [0.29, 0.717) is 0 Å². The molecule has 0 radical (unpaired) electrons. The van der Waals surface area contributed by atoms with E-state index in [1.54, 1.807) is 0 Å². The lowest BCUT2D eigenvalue weighted by Gasteiger charge is -2.44. The Balaban J connectivity index is 1.31. The highest BCUT2D eigenvalue weighted by atomic mass is 32.1. The quantitative estimate of drug-likeness (QED) is 0.165. The molecule has 4 heterocycles. The maximum atomic E-state index is 5.61. The van der Waals surface area contributed by atoms with Crippen molar-refractivity contribution in [3.8, 4) is 11.1 Å². The van der Waals surface area contributed by atoms with Gasteiger partial charge in [-0.15, -0.1) is 11.3 Å². The van der Waals surface area contributed by atoms with Crippen molar-refractivity contribution in [2.45, 2.75) is 163 Å². The van der Waals surface area contributed by atoms with Gasteiger partial charge >= 0.3 is 0 Å². The monoisotopic (exact) mass is 903 g/mol. The van der Waals surface area contributed by atoms with Gasteiger partial charge in [-0.3, -0.25) is 9.80 Å². The van der Waals surface area contributed by atoms with E-state index in [1.807, 2.05) is 11.3 Å². The molecule has 10 rings (SSSR count). The summed E-state index contributed by atoms with van der Waals surface area (Å²) in [7, 11) is 0. The van der Waals surface area contributed by atoms with Gasteiger partial charge in [0.1, 0.15) is 17.5 Å². The van der Waals surface area contributed by atoms with Crippen LogP contribution in [0, 0.1) is 6.92 Å². The number of hydrogen-bond donors (Lipinski definition) is 0. The smallest absolute Gasteiger partial charge is 0.268 e. The minimum Gasteiger partial charge on any atom is -0.295 e. The minimum atomic E-state index is -0.0697. The van der Waals surface area contributed by atoms with Gasteiger partial charge < -0.3 is 0 Å². The Morgan fingerprint density at radius 3 is 1.70 bits per heavy atom. The molecule has 0 amide bonds. The molecule has 0 fully saturated rings.